The predicted octanol–water partition coefficient (Wildman–Crippen LogP) is 1.43. The van der Waals surface area contributed by atoms with E-state index in [1.807, 2.05) is 0 Å². The Labute approximate surface area is 79.7 Å². The largest absolute Gasteiger partial charge is 0.388 e. The van der Waals surface area contributed by atoms with Gasteiger partial charge in [-0.25, -0.2) is 0 Å². The van der Waals surface area contributed by atoms with Crippen LogP contribution in [0.2, 0.25) is 0 Å². The molecule has 3 aliphatic rings. The van der Waals surface area contributed by atoms with E-state index in [1.54, 1.807) is 0 Å². The van der Waals surface area contributed by atoms with Crippen molar-refractivity contribution in [3.63, 3.8) is 0 Å². The molecule has 2 N–H and O–H groups in total. The van der Waals surface area contributed by atoms with Crippen molar-refractivity contribution in [2.75, 3.05) is 0 Å². The van der Waals surface area contributed by atoms with Crippen LogP contribution in [0.3, 0.4) is 0 Å². The van der Waals surface area contributed by atoms with Crippen LogP contribution in [-0.4, -0.2) is 22.8 Å². The standard InChI is InChI=1S/C11H19NO/c13-11(5-1-2-6-11)10-8-3-4-9(7-8)12-10/h8-10,12-13H,1-7H2/t8-,9+,10-/m0/s1. The quantitative estimate of drug-likeness (QED) is 0.641. The molecule has 0 aromatic heterocycles. The fraction of sp³-hybridized carbons (Fsp3) is 1.00. The third-order valence-electron chi connectivity index (χ3n) is 4.41. The lowest BCUT2D eigenvalue weighted by atomic mass is 9.83. The second-order valence-corrected chi connectivity index (χ2v) is 5.23. The summed E-state index contributed by atoms with van der Waals surface area (Å²) in [6, 6.07) is 1.17. The van der Waals surface area contributed by atoms with Crippen LogP contribution in [0.25, 0.3) is 0 Å². The van der Waals surface area contributed by atoms with Crippen molar-refractivity contribution in [3.05, 3.63) is 0 Å². The first-order valence-corrected chi connectivity index (χ1v) is 5.76. The summed E-state index contributed by atoms with van der Waals surface area (Å²) in [6.45, 7) is 0. The lowest BCUT2D eigenvalue weighted by Gasteiger charge is -2.36. The van der Waals surface area contributed by atoms with Crippen LogP contribution >= 0.6 is 0 Å². The third-order valence-corrected chi connectivity index (χ3v) is 4.41. The van der Waals surface area contributed by atoms with E-state index < -0.39 is 0 Å². The summed E-state index contributed by atoms with van der Waals surface area (Å²) < 4.78 is 0. The lowest BCUT2D eigenvalue weighted by molar-refractivity contribution is -0.00673. The van der Waals surface area contributed by atoms with E-state index in [9.17, 15) is 5.11 Å². The molecular formula is C11H19NO. The maximum absolute atomic E-state index is 10.5. The van der Waals surface area contributed by atoms with Gasteiger partial charge in [0.05, 0.1) is 5.60 Å². The Bertz CT molecular complexity index is 210. The van der Waals surface area contributed by atoms with E-state index >= 15 is 0 Å². The molecule has 13 heavy (non-hydrogen) atoms. The molecule has 2 aliphatic carbocycles. The molecule has 74 valence electrons. The molecule has 2 saturated carbocycles. The molecule has 0 aromatic carbocycles. The van der Waals surface area contributed by atoms with Crippen molar-refractivity contribution in [2.24, 2.45) is 5.92 Å². The summed E-state index contributed by atoms with van der Waals surface area (Å²) in [5.74, 6) is 0.785. The van der Waals surface area contributed by atoms with Crippen LogP contribution in [0, 0.1) is 5.92 Å². The van der Waals surface area contributed by atoms with E-state index in [1.165, 1.54) is 32.1 Å². The Morgan fingerprint density at radius 2 is 1.92 bits per heavy atom. The number of nitrogens with one attached hydrogen (secondary N) is 1. The van der Waals surface area contributed by atoms with Gasteiger partial charge in [0.25, 0.3) is 0 Å². The number of rotatable bonds is 1. The molecule has 1 heterocycles. The van der Waals surface area contributed by atoms with Gasteiger partial charge in [0, 0.05) is 12.1 Å². The SMILES string of the molecule is OC1([C@H]2N[C@@H]3CC[C@H]2C3)CCCC1. The van der Waals surface area contributed by atoms with Gasteiger partial charge in [0.15, 0.2) is 0 Å². The molecule has 0 aromatic rings. The Morgan fingerprint density at radius 1 is 1.15 bits per heavy atom. The van der Waals surface area contributed by atoms with Crippen molar-refractivity contribution in [3.8, 4) is 0 Å². The summed E-state index contributed by atoms with van der Waals surface area (Å²) in [5, 5.41) is 14.1. The van der Waals surface area contributed by atoms with Crippen LogP contribution in [0.1, 0.15) is 44.9 Å². The minimum atomic E-state index is -0.333. The van der Waals surface area contributed by atoms with Crippen LogP contribution in [0.5, 0.6) is 0 Å². The molecule has 0 amide bonds. The zero-order valence-electron chi connectivity index (χ0n) is 8.13. The summed E-state index contributed by atoms with van der Waals surface area (Å²) >= 11 is 0. The number of aliphatic hydroxyl groups is 1. The molecule has 2 heteroatoms. The average molecular weight is 181 g/mol. The predicted molar refractivity (Wildman–Crippen MR) is 51.5 cm³/mol. The highest BCUT2D eigenvalue weighted by atomic mass is 16.3. The zero-order valence-corrected chi connectivity index (χ0v) is 8.13. The highest BCUT2D eigenvalue weighted by Gasteiger charge is 2.50. The Hall–Kier alpha value is -0.0800. The molecule has 3 rings (SSSR count). The van der Waals surface area contributed by atoms with E-state index in [-0.39, 0.29) is 5.60 Å². The first kappa shape index (κ1) is 8.25. The van der Waals surface area contributed by atoms with Gasteiger partial charge in [-0.05, 0) is 38.0 Å². The van der Waals surface area contributed by atoms with Crippen LogP contribution < -0.4 is 5.32 Å². The molecule has 0 radical (unpaired) electrons. The fourth-order valence-electron chi connectivity index (χ4n) is 3.75. The maximum Gasteiger partial charge on any atom is 0.0802 e. The number of fused-ring (bicyclic) bond motifs is 2. The molecule has 0 unspecified atom stereocenters. The van der Waals surface area contributed by atoms with E-state index in [2.05, 4.69) is 5.32 Å². The van der Waals surface area contributed by atoms with Gasteiger partial charge in [0.1, 0.15) is 0 Å². The second-order valence-electron chi connectivity index (χ2n) is 5.23. The van der Waals surface area contributed by atoms with Gasteiger partial charge in [-0.2, -0.15) is 0 Å². The van der Waals surface area contributed by atoms with Gasteiger partial charge < -0.3 is 10.4 Å². The second kappa shape index (κ2) is 2.71. The van der Waals surface area contributed by atoms with E-state index in [0.717, 1.165) is 24.8 Å². The molecule has 3 fully saturated rings. The molecule has 1 aliphatic heterocycles. The molecular weight excluding hydrogens is 162 g/mol. The first-order valence-electron chi connectivity index (χ1n) is 5.76. The number of hydrogen-bond acceptors (Lipinski definition) is 2. The summed E-state index contributed by atoms with van der Waals surface area (Å²) in [4.78, 5) is 0. The van der Waals surface area contributed by atoms with Crippen molar-refractivity contribution in [1.82, 2.24) is 5.32 Å². The Kier molecular flexibility index (Phi) is 1.72. The topological polar surface area (TPSA) is 32.3 Å². The lowest BCUT2D eigenvalue weighted by Crippen LogP contribution is -2.52. The Balaban J connectivity index is 1.78. The normalized spacial score (nSPS) is 47.3. The van der Waals surface area contributed by atoms with Gasteiger partial charge in [-0.15, -0.1) is 0 Å². The summed E-state index contributed by atoms with van der Waals surface area (Å²) in [7, 11) is 0. The minimum Gasteiger partial charge on any atom is -0.388 e. The minimum absolute atomic E-state index is 0.333. The van der Waals surface area contributed by atoms with Crippen LogP contribution in [0.4, 0.5) is 0 Å². The van der Waals surface area contributed by atoms with Crippen molar-refractivity contribution in [1.29, 1.82) is 0 Å². The van der Waals surface area contributed by atoms with Gasteiger partial charge >= 0.3 is 0 Å². The van der Waals surface area contributed by atoms with Crippen molar-refractivity contribution in [2.45, 2.75) is 62.6 Å². The highest BCUT2D eigenvalue weighted by Crippen LogP contribution is 2.44. The van der Waals surface area contributed by atoms with E-state index in [0.29, 0.717) is 6.04 Å². The molecule has 3 atom stereocenters. The van der Waals surface area contributed by atoms with Gasteiger partial charge in [-0.1, -0.05) is 12.8 Å². The highest BCUT2D eigenvalue weighted by molar-refractivity contribution is 5.07. The Morgan fingerprint density at radius 3 is 2.46 bits per heavy atom. The monoisotopic (exact) mass is 181 g/mol. The fourth-order valence-corrected chi connectivity index (χ4v) is 3.75. The summed E-state index contributed by atoms with van der Waals surface area (Å²) in [6.07, 6.45) is 8.55. The molecule has 0 spiro atoms. The van der Waals surface area contributed by atoms with Gasteiger partial charge in [0.2, 0.25) is 0 Å². The summed E-state index contributed by atoms with van der Waals surface area (Å²) in [5.41, 5.74) is -0.333. The molecule has 2 bridgehead atoms. The van der Waals surface area contributed by atoms with Crippen LogP contribution in [0.15, 0.2) is 0 Å². The number of hydrogen-bond donors (Lipinski definition) is 2. The molecule has 2 nitrogen and oxygen atoms in total. The maximum atomic E-state index is 10.5. The first-order chi connectivity index (χ1) is 6.28. The molecule has 1 saturated heterocycles. The van der Waals surface area contributed by atoms with Crippen molar-refractivity contribution < 1.29 is 5.11 Å². The van der Waals surface area contributed by atoms with Gasteiger partial charge in [-0.3, -0.25) is 0 Å². The number of piperidine rings is 1. The third kappa shape index (κ3) is 1.15. The van der Waals surface area contributed by atoms with Crippen LogP contribution in [-0.2, 0) is 0 Å². The zero-order chi connectivity index (χ0) is 8.89. The average Bonchev–Trinajstić information content (AvgIpc) is 2.77. The van der Waals surface area contributed by atoms with E-state index in [4.69, 9.17) is 0 Å². The smallest absolute Gasteiger partial charge is 0.0802 e. The van der Waals surface area contributed by atoms with Crippen molar-refractivity contribution >= 4 is 0 Å².